The zero-order valence-corrected chi connectivity index (χ0v) is 18.9. The Morgan fingerprint density at radius 2 is 1.74 bits per heavy atom. The SMILES string of the molecule is CCCCN(CCC(=O)N1CCN(c2ccccc2C)CC1)C(=O)c1cnc(C)cn1. The molecule has 2 amide bonds. The van der Waals surface area contributed by atoms with E-state index in [1.807, 2.05) is 17.9 Å². The average Bonchev–Trinajstić information content (AvgIpc) is 2.79. The largest absolute Gasteiger partial charge is 0.368 e. The van der Waals surface area contributed by atoms with E-state index in [0.717, 1.165) is 31.6 Å². The van der Waals surface area contributed by atoms with E-state index in [9.17, 15) is 9.59 Å². The van der Waals surface area contributed by atoms with Crippen LogP contribution in [0.15, 0.2) is 36.7 Å². The Balaban J connectivity index is 1.54. The predicted molar refractivity (Wildman–Crippen MR) is 122 cm³/mol. The number of piperazine rings is 1. The third-order valence-electron chi connectivity index (χ3n) is 5.75. The number of aromatic nitrogens is 2. The Kier molecular flexibility index (Phi) is 7.98. The van der Waals surface area contributed by atoms with Gasteiger partial charge in [0, 0.05) is 57.6 Å². The van der Waals surface area contributed by atoms with Crippen LogP contribution in [0.3, 0.4) is 0 Å². The summed E-state index contributed by atoms with van der Waals surface area (Å²) in [5.74, 6) is -0.0492. The molecule has 0 aliphatic carbocycles. The molecular weight excluding hydrogens is 390 g/mol. The number of rotatable bonds is 8. The molecule has 7 nitrogen and oxygen atoms in total. The van der Waals surface area contributed by atoms with Crippen molar-refractivity contribution in [1.29, 1.82) is 0 Å². The van der Waals surface area contributed by atoms with Gasteiger partial charge in [0.2, 0.25) is 5.91 Å². The van der Waals surface area contributed by atoms with Crippen molar-refractivity contribution < 1.29 is 9.59 Å². The second-order valence-electron chi connectivity index (χ2n) is 8.09. The molecule has 2 aromatic rings. The van der Waals surface area contributed by atoms with Gasteiger partial charge < -0.3 is 14.7 Å². The van der Waals surface area contributed by atoms with E-state index in [1.54, 1.807) is 11.1 Å². The highest BCUT2D eigenvalue weighted by atomic mass is 16.2. The standard InChI is InChI=1S/C24H33N5O2/c1-4-5-11-29(24(31)21-18-25-20(3)17-26-21)12-10-23(30)28-15-13-27(14-16-28)22-9-7-6-8-19(22)2/h6-9,17-18H,4-5,10-16H2,1-3H3. The summed E-state index contributed by atoms with van der Waals surface area (Å²) in [5, 5.41) is 0. The minimum atomic E-state index is -0.155. The van der Waals surface area contributed by atoms with Crippen molar-refractivity contribution in [3.63, 3.8) is 0 Å². The van der Waals surface area contributed by atoms with Crippen LogP contribution < -0.4 is 4.90 Å². The second-order valence-corrected chi connectivity index (χ2v) is 8.09. The summed E-state index contributed by atoms with van der Waals surface area (Å²) in [4.78, 5) is 40.1. The van der Waals surface area contributed by atoms with Gasteiger partial charge in [0.25, 0.3) is 5.91 Å². The number of hydrogen-bond donors (Lipinski definition) is 0. The zero-order chi connectivity index (χ0) is 22.2. The molecule has 1 saturated heterocycles. The highest BCUT2D eigenvalue weighted by Crippen LogP contribution is 2.21. The summed E-state index contributed by atoms with van der Waals surface area (Å²) < 4.78 is 0. The molecule has 0 spiro atoms. The number of nitrogens with zero attached hydrogens (tertiary/aromatic N) is 5. The molecule has 3 rings (SSSR count). The first-order valence-electron chi connectivity index (χ1n) is 11.2. The van der Waals surface area contributed by atoms with Gasteiger partial charge in [-0.1, -0.05) is 31.5 Å². The average molecular weight is 424 g/mol. The Bertz CT molecular complexity index is 876. The molecule has 1 aliphatic rings. The van der Waals surface area contributed by atoms with Crippen molar-refractivity contribution in [2.45, 2.75) is 40.0 Å². The van der Waals surface area contributed by atoms with Crippen LogP contribution in [0.25, 0.3) is 0 Å². The molecule has 0 N–H and O–H groups in total. The van der Waals surface area contributed by atoms with Crippen molar-refractivity contribution in [3.05, 3.63) is 53.6 Å². The Morgan fingerprint density at radius 1 is 1.00 bits per heavy atom. The molecule has 1 aromatic carbocycles. The molecule has 0 unspecified atom stereocenters. The van der Waals surface area contributed by atoms with E-state index in [-0.39, 0.29) is 11.8 Å². The topological polar surface area (TPSA) is 69.6 Å². The van der Waals surface area contributed by atoms with Crippen molar-refractivity contribution >= 4 is 17.5 Å². The third kappa shape index (κ3) is 6.03. The fourth-order valence-electron chi connectivity index (χ4n) is 3.83. The summed E-state index contributed by atoms with van der Waals surface area (Å²) in [5.41, 5.74) is 3.61. The van der Waals surface area contributed by atoms with Crippen LogP contribution >= 0.6 is 0 Å². The van der Waals surface area contributed by atoms with Crippen LogP contribution in [0.1, 0.15) is 47.9 Å². The van der Waals surface area contributed by atoms with Crippen LogP contribution in [-0.2, 0) is 4.79 Å². The normalized spacial score (nSPS) is 13.9. The molecule has 0 radical (unpaired) electrons. The van der Waals surface area contributed by atoms with E-state index in [0.29, 0.717) is 38.3 Å². The molecule has 1 fully saturated rings. The number of aryl methyl sites for hydroxylation is 2. The number of carbonyl (C=O) groups is 2. The maximum Gasteiger partial charge on any atom is 0.274 e. The van der Waals surface area contributed by atoms with Gasteiger partial charge in [0.1, 0.15) is 5.69 Å². The smallest absolute Gasteiger partial charge is 0.274 e. The number of amides is 2. The molecule has 1 aromatic heterocycles. The van der Waals surface area contributed by atoms with E-state index in [2.05, 4.69) is 46.9 Å². The maximum atomic E-state index is 12.9. The highest BCUT2D eigenvalue weighted by molar-refractivity contribution is 5.92. The number of carbonyl (C=O) groups excluding carboxylic acids is 2. The number of benzene rings is 1. The lowest BCUT2D eigenvalue weighted by Crippen LogP contribution is -2.49. The molecule has 0 bridgehead atoms. The number of para-hydroxylation sites is 1. The lowest BCUT2D eigenvalue weighted by molar-refractivity contribution is -0.131. The zero-order valence-electron chi connectivity index (χ0n) is 18.9. The van der Waals surface area contributed by atoms with Gasteiger partial charge in [-0.3, -0.25) is 14.6 Å². The molecule has 0 atom stereocenters. The lowest BCUT2D eigenvalue weighted by atomic mass is 10.1. The third-order valence-corrected chi connectivity index (χ3v) is 5.75. The first kappa shape index (κ1) is 22.7. The van der Waals surface area contributed by atoms with Crippen LogP contribution in [0.5, 0.6) is 0 Å². The van der Waals surface area contributed by atoms with E-state index in [4.69, 9.17) is 0 Å². The van der Waals surface area contributed by atoms with Crippen molar-refractivity contribution in [2.75, 3.05) is 44.2 Å². The van der Waals surface area contributed by atoms with Crippen LogP contribution in [-0.4, -0.2) is 70.9 Å². The number of anilines is 1. The minimum Gasteiger partial charge on any atom is -0.368 e. The lowest BCUT2D eigenvalue weighted by Gasteiger charge is -2.37. The molecular formula is C24H33N5O2. The molecule has 31 heavy (non-hydrogen) atoms. The molecule has 166 valence electrons. The fourth-order valence-corrected chi connectivity index (χ4v) is 3.83. The van der Waals surface area contributed by atoms with Crippen molar-refractivity contribution in [2.24, 2.45) is 0 Å². The first-order chi connectivity index (χ1) is 15.0. The second kappa shape index (κ2) is 10.9. The van der Waals surface area contributed by atoms with Crippen LogP contribution in [0.4, 0.5) is 5.69 Å². The molecule has 7 heteroatoms. The Labute approximate surface area is 185 Å². The van der Waals surface area contributed by atoms with Gasteiger partial charge in [-0.25, -0.2) is 4.98 Å². The van der Waals surface area contributed by atoms with Gasteiger partial charge in [-0.15, -0.1) is 0 Å². The Hall–Kier alpha value is -2.96. The Morgan fingerprint density at radius 3 is 2.39 bits per heavy atom. The van der Waals surface area contributed by atoms with E-state index < -0.39 is 0 Å². The number of hydrogen-bond acceptors (Lipinski definition) is 5. The monoisotopic (exact) mass is 423 g/mol. The predicted octanol–water partition coefficient (Wildman–Crippen LogP) is 3.07. The summed E-state index contributed by atoms with van der Waals surface area (Å²) in [6.45, 7) is 10.2. The molecule has 2 heterocycles. The quantitative estimate of drug-likeness (QED) is 0.653. The summed E-state index contributed by atoms with van der Waals surface area (Å²) in [7, 11) is 0. The van der Waals surface area contributed by atoms with E-state index >= 15 is 0 Å². The van der Waals surface area contributed by atoms with Gasteiger partial charge in [-0.2, -0.15) is 0 Å². The molecule has 0 saturated carbocycles. The summed E-state index contributed by atoms with van der Waals surface area (Å²) >= 11 is 0. The van der Waals surface area contributed by atoms with Crippen LogP contribution in [0, 0.1) is 13.8 Å². The van der Waals surface area contributed by atoms with Crippen molar-refractivity contribution in [3.8, 4) is 0 Å². The fraction of sp³-hybridized carbons (Fsp3) is 0.500. The molecule has 1 aliphatic heterocycles. The first-order valence-corrected chi connectivity index (χ1v) is 11.2. The summed E-state index contributed by atoms with van der Waals surface area (Å²) in [6, 6.07) is 8.36. The minimum absolute atomic E-state index is 0.105. The van der Waals surface area contributed by atoms with Crippen LogP contribution in [0.2, 0.25) is 0 Å². The van der Waals surface area contributed by atoms with Gasteiger partial charge in [0.05, 0.1) is 11.9 Å². The van der Waals surface area contributed by atoms with Gasteiger partial charge >= 0.3 is 0 Å². The highest BCUT2D eigenvalue weighted by Gasteiger charge is 2.24. The van der Waals surface area contributed by atoms with Gasteiger partial charge in [-0.05, 0) is 31.9 Å². The van der Waals surface area contributed by atoms with Crippen molar-refractivity contribution in [1.82, 2.24) is 19.8 Å². The van der Waals surface area contributed by atoms with Gasteiger partial charge in [0.15, 0.2) is 0 Å². The van der Waals surface area contributed by atoms with E-state index in [1.165, 1.54) is 17.4 Å². The summed E-state index contributed by atoms with van der Waals surface area (Å²) in [6.07, 6.45) is 5.33. The number of unbranched alkanes of at least 4 members (excludes halogenated alkanes) is 1. The maximum absolute atomic E-state index is 12.9.